The molecule has 214 valence electrons. The number of amides is 1. The van der Waals surface area contributed by atoms with E-state index in [0.717, 1.165) is 25.7 Å². The van der Waals surface area contributed by atoms with Crippen molar-refractivity contribution in [2.24, 2.45) is 11.8 Å². The van der Waals surface area contributed by atoms with Gasteiger partial charge >= 0.3 is 0 Å². The van der Waals surface area contributed by atoms with Crippen LogP contribution < -0.4 is 10.3 Å². The van der Waals surface area contributed by atoms with Gasteiger partial charge in [-0.3, -0.25) is 19.1 Å². The molecule has 12 heteroatoms. The number of hydrogen-bond acceptors (Lipinski definition) is 8. The lowest BCUT2D eigenvalue weighted by Crippen LogP contribution is -2.51. The third kappa shape index (κ3) is 5.83. The molecule has 11 nitrogen and oxygen atoms in total. The standard InChI is InChI=1S/C29H32FN7O4/c30-23-7-5-21(6-8-23)24-15-33-26-28(39)36(19-34-37(24)26)18-29(40)9-13-35(14-10-29)27(38)22-3-1-20(2-4-22)17-41-25-16-31-11-12-32-25/h5-8,11-12,15-16,19-20,22,40H,1-4,9-10,13-14,17-18H2. The molecule has 41 heavy (non-hydrogen) atoms. The zero-order valence-electron chi connectivity index (χ0n) is 22.6. The average Bonchev–Trinajstić information content (AvgIpc) is 3.44. The van der Waals surface area contributed by atoms with Crippen LogP contribution in [0.1, 0.15) is 38.5 Å². The summed E-state index contributed by atoms with van der Waals surface area (Å²) in [5.74, 6) is 0.680. The lowest BCUT2D eigenvalue weighted by Gasteiger charge is -2.40. The first-order chi connectivity index (χ1) is 19.9. The summed E-state index contributed by atoms with van der Waals surface area (Å²) in [5.41, 5.74) is -0.131. The second kappa shape index (κ2) is 11.4. The van der Waals surface area contributed by atoms with Gasteiger partial charge in [-0.1, -0.05) is 0 Å². The third-order valence-electron chi connectivity index (χ3n) is 8.31. The number of imidazole rings is 1. The lowest BCUT2D eigenvalue weighted by atomic mass is 9.81. The second-order valence-electron chi connectivity index (χ2n) is 11.1. The number of carbonyl (C=O) groups excluding carboxylic acids is 1. The fourth-order valence-electron chi connectivity index (χ4n) is 5.85. The predicted molar refractivity (Wildman–Crippen MR) is 146 cm³/mol. The molecule has 0 unspecified atom stereocenters. The van der Waals surface area contributed by atoms with Gasteiger partial charge in [0, 0.05) is 37.0 Å². The number of aliphatic hydroxyl groups is 1. The monoisotopic (exact) mass is 561 g/mol. The van der Waals surface area contributed by atoms with E-state index < -0.39 is 5.60 Å². The molecule has 0 radical (unpaired) electrons. The van der Waals surface area contributed by atoms with Crippen LogP contribution in [-0.4, -0.2) is 70.3 Å². The van der Waals surface area contributed by atoms with E-state index in [-0.39, 0.29) is 35.4 Å². The summed E-state index contributed by atoms with van der Waals surface area (Å²) in [6, 6.07) is 5.88. The zero-order valence-corrected chi connectivity index (χ0v) is 22.6. The average molecular weight is 562 g/mol. The van der Waals surface area contributed by atoms with E-state index in [0.29, 0.717) is 55.6 Å². The number of hydrogen-bond donors (Lipinski definition) is 1. The van der Waals surface area contributed by atoms with E-state index >= 15 is 0 Å². The maximum atomic E-state index is 13.3. The highest BCUT2D eigenvalue weighted by Crippen LogP contribution is 2.32. The van der Waals surface area contributed by atoms with Crippen LogP contribution in [0.4, 0.5) is 4.39 Å². The molecule has 4 heterocycles. The zero-order chi connectivity index (χ0) is 28.4. The van der Waals surface area contributed by atoms with Crippen molar-refractivity contribution in [3.63, 3.8) is 0 Å². The normalized spacial score (nSPS) is 20.7. The summed E-state index contributed by atoms with van der Waals surface area (Å²) in [7, 11) is 0. The summed E-state index contributed by atoms with van der Waals surface area (Å²) in [4.78, 5) is 40.6. The summed E-state index contributed by atoms with van der Waals surface area (Å²) in [6.45, 7) is 1.51. The van der Waals surface area contributed by atoms with Gasteiger partial charge in [-0.25, -0.2) is 18.9 Å². The Morgan fingerprint density at radius 2 is 1.80 bits per heavy atom. The topological polar surface area (TPSA) is 128 Å². The van der Waals surface area contributed by atoms with Gasteiger partial charge in [0.15, 0.2) is 0 Å². The number of piperidine rings is 1. The molecule has 4 aromatic rings. The highest BCUT2D eigenvalue weighted by atomic mass is 19.1. The van der Waals surface area contributed by atoms with Crippen LogP contribution in [0.5, 0.6) is 5.88 Å². The molecule has 0 spiro atoms. The van der Waals surface area contributed by atoms with Gasteiger partial charge in [0.05, 0.1) is 36.8 Å². The first kappa shape index (κ1) is 27.0. The minimum Gasteiger partial charge on any atom is -0.476 e. The lowest BCUT2D eigenvalue weighted by molar-refractivity contribution is -0.141. The maximum Gasteiger partial charge on any atom is 0.296 e. The Morgan fingerprint density at radius 3 is 2.51 bits per heavy atom. The molecule has 3 aromatic heterocycles. The number of benzene rings is 1. The molecule has 2 fully saturated rings. The number of aromatic nitrogens is 6. The Labute approximate surface area is 235 Å². The molecule has 2 aliphatic rings. The molecule has 1 aromatic carbocycles. The summed E-state index contributed by atoms with van der Waals surface area (Å²) < 4.78 is 21.9. The molecular weight excluding hydrogens is 529 g/mol. The molecular formula is C29H32FN7O4. The Hall–Kier alpha value is -4.19. The fraction of sp³-hybridized carbons (Fsp3) is 0.448. The first-order valence-corrected chi connectivity index (χ1v) is 14.0. The molecule has 0 atom stereocenters. The smallest absolute Gasteiger partial charge is 0.296 e. The van der Waals surface area contributed by atoms with Crippen LogP contribution in [0.15, 0.2) is 60.2 Å². The highest BCUT2D eigenvalue weighted by molar-refractivity contribution is 5.79. The molecule has 0 bridgehead atoms. The molecule has 1 amide bonds. The van der Waals surface area contributed by atoms with Crippen LogP contribution in [0.25, 0.3) is 16.9 Å². The SMILES string of the molecule is O=C(C1CCC(COc2cnccn2)CC1)N1CCC(O)(Cn2cnn3c(-c4ccc(F)cc4)cnc3c2=O)CC1. The first-order valence-electron chi connectivity index (χ1n) is 14.0. The summed E-state index contributed by atoms with van der Waals surface area (Å²) >= 11 is 0. The quantitative estimate of drug-likeness (QED) is 0.365. The Kier molecular flexibility index (Phi) is 7.48. The number of likely N-dealkylation sites (tertiary alicyclic amines) is 1. The van der Waals surface area contributed by atoms with Crippen molar-refractivity contribution in [2.45, 2.75) is 50.7 Å². The predicted octanol–water partition coefficient (Wildman–Crippen LogP) is 2.73. The van der Waals surface area contributed by atoms with Gasteiger partial charge in [-0.15, -0.1) is 0 Å². The van der Waals surface area contributed by atoms with Crippen LogP contribution in [0, 0.1) is 17.7 Å². The third-order valence-corrected chi connectivity index (χ3v) is 8.31. The van der Waals surface area contributed by atoms with Crippen molar-refractivity contribution in [1.29, 1.82) is 0 Å². The molecule has 1 saturated carbocycles. The van der Waals surface area contributed by atoms with E-state index in [1.807, 2.05) is 4.90 Å². The van der Waals surface area contributed by atoms with E-state index in [9.17, 15) is 19.1 Å². The molecule has 1 N–H and O–H groups in total. The van der Waals surface area contributed by atoms with E-state index in [4.69, 9.17) is 4.74 Å². The van der Waals surface area contributed by atoms with Crippen LogP contribution in [-0.2, 0) is 11.3 Å². The van der Waals surface area contributed by atoms with Gasteiger partial charge in [0.2, 0.25) is 17.4 Å². The van der Waals surface area contributed by atoms with Crippen molar-refractivity contribution in [2.75, 3.05) is 19.7 Å². The minimum absolute atomic E-state index is 0.0149. The van der Waals surface area contributed by atoms with Gasteiger partial charge in [0.1, 0.15) is 12.1 Å². The van der Waals surface area contributed by atoms with Crippen molar-refractivity contribution in [3.8, 4) is 17.1 Å². The van der Waals surface area contributed by atoms with Gasteiger partial charge < -0.3 is 14.7 Å². The van der Waals surface area contributed by atoms with Crippen LogP contribution in [0.2, 0.25) is 0 Å². The number of rotatable bonds is 7. The molecule has 1 saturated heterocycles. The van der Waals surface area contributed by atoms with E-state index in [1.54, 1.807) is 30.7 Å². The largest absolute Gasteiger partial charge is 0.476 e. The number of fused-ring (bicyclic) bond motifs is 1. The van der Waals surface area contributed by atoms with Crippen molar-refractivity contribution >= 4 is 11.6 Å². The van der Waals surface area contributed by atoms with Crippen molar-refractivity contribution in [3.05, 3.63) is 71.6 Å². The van der Waals surface area contributed by atoms with Crippen molar-refractivity contribution in [1.82, 2.24) is 34.0 Å². The molecule has 1 aliphatic carbocycles. The summed E-state index contributed by atoms with van der Waals surface area (Å²) in [5, 5.41) is 15.7. The van der Waals surface area contributed by atoms with Gasteiger partial charge in [0.25, 0.3) is 5.56 Å². The minimum atomic E-state index is -1.14. The number of nitrogens with zero attached hydrogens (tertiary/aromatic N) is 7. The molecule has 1 aliphatic heterocycles. The number of ether oxygens (including phenoxy) is 1. The number of carbonyl (C=O) groups is 1. The summed E-state index contributed by atoms with van der Waals surface area (Å²) in [6.07, 6.45) is 11.9. The van der Waals surface area contributed by atoms with Gasteiger partial charge in [-0.05, 0) is 68.7 Å². The Balaban J connectivity index is 1.03. The van der Waals surface area contributed by atoms with Gasteiger partial charge in [-0.2, -0.15) is 5.10 Å². The van der Waals surface area contributed by atoms with E-state index in [2.05, 4.69) is 20.1 Å². The Bertz CT molecular complexity index is 1560. The second-order valence-corrected chi connectivity index (χ2v) is 11.1. The van der Waals surface area contributed by atoms with Crippen LogP contribution >= 0.6 is 0 Å². The Morgan fingerprint density at radius 1 is 1.05 bits per heavy atom. The van der Waals surface area contributed by atoms with E-state index in [1.165, 1.54) is 33.7 Å². The van der Waals surface area contributed by atoms with Crippen LogP contribution in [0.3, 0.4) is 0 Å². The molecule has 6 rings (SSSR count). The highest BCUT2D eigenvalue weighted by Gasteiger charge is 2.37. The maximum absolute atomic E-state index is 13.3. The number of halogens is 1. The fourth-order valence-corrected chi connectivity index (χ4v) is 5.85. The van der Waals surface area contributed by atoms with Crippen molar-refractivity contribution < 1.29 is 19.0 Å².